The molecular weight excluding hydrogens is 687 g/mol. The Labute approximate surface area is 328 Å². The lowest BCUT2D eigenvalue weighted by atomic mass is 9.73. The minimum Gasteiger partial charge on any atom is -0.485 e. The first-order chi connectivity index (χ1) is 27.3. The Morgan fingerprint density at radius 3 is 2.53 bits per heavy atom. The first-order valence-electron chi connectivity index (χ1n) is 20.3. The highest BCUT2D eigenvalue weighted by Crippen LogP contribution is 2.46. The molecule has 55 heavy (non-hydrogen) atoms. The molecular formula is C52H45NOS. The van der Waals surface area contributed by atoms with Gasteiger partial charge in [0, 0.05) is 50.7 Å². The van der Waals surface area contributed by atoms with Crippen LogP contribution in [0.2, 0.25) is 0 Å². The normalized spacial score (nSPS) is 27.2. The average molecular weight is 732 g/mol. The maximum Gasteiger partial charge on any atom is 0.128 e. The van der Waals surface area contributed by atoms with Gasteiger partial charge in [-0.15, -0.1) is 11.3 Å². The molecule has 6 aliphatic carbocycles. The van der Waals surface area contributed by atoms with Gasteiger partial charge in [0.05, 0.1) is 10.6 Å². The van der Waals surface area contributed by atoms with Gasteiger partial charge < -0.3 is 9.64 Å². The van der Waals surface area contributed by atoms with Gasteiger partial charge in [-0.05, 0) is 89.8 Å². The van der Waals surface area contributed by atoms with Crippen molar-refractivity contribution in [1.82, 2.24) is 4.90 Å². The fourth-order valence-corrected chi connectivity index (χ4v) is 11.6. The van der Waals surface area contributed by atoms with Crippen LogP contribution in [0.5, 0.6) is 5.75 Å². The molecule has 2 heterocycles. The molecule has 7 aliphatic rings. The molecule has 270 valence electrons. The summed E-state index contributed by atoms with van der Waals surface area (Å²) >= 11 is 2.00. The molecule has 0 amide bonds. The number of nitrogens with zero attached hydrogens (tertiary/aromatic N) is 1. The number of ether oxygens (including phenoxy) is 1. The summed E-state index contributed by atoms with van der Waals surface area (Å²) in [5.41, 5.74) is 11.2. The minimum atomic E-state index is 0.0783. The van der Waals surface area contributed by atoms with Crippen LogP contribution in [0.4, 0.5) is 0 Å². The third kappa shape index (κ3) is 5.66. The molecule has 1 aromatic heterocycles. The van der Waals surface area contributed by atoms with Crippen molar-refractivity contribution in [3.05, 3.63) is 196 Å². The Hall–Kier alpha value is -5.38. The summed E-state index contributed by atoms with van der Waals surface area (Å²) in [5, 5.41) is 2.81. The summed E-state index contributed by atoms with van der Waals surface area (Å²) in [5.74, 6) is 2.55. The molecule has 6 unspecified atom stereocenters. The fraction of sp³-hybridized carbons (Fsp3) is 0.231. The van der Waals surface area contributed by atoms with Crippen molar-refractivity contribution in [2.24, 2.45) is 17.8 Å². The summed E-state index contributed by atoms with van der Waals surface area (Å²) in [6.07, 6.45) is 42.8. The lowest BCUT2D eigenvalue weighted by molar-refractivity contribution is 0.267. The topological polar surface area (TPSA) is 12.5 Å². The zero-order valence-electron chi connectivity index (χ0n) is 31.1. The highest BCUT2D eigenvalue weighted by molar-refractivity contribution is 7.17. The van der Waals surface area contributed by atoms with E-state index in [9.17, 15) is 0 Å². The number of para-hydroxylation sites is 1. The van der Waals surface area contributed by atoms with E-state index in [1.54, 1.807) is 5.57 Å². The van der Waals surface area contributed by atoms with Crippen molar-refractivity contribution >= 4 is 33.2 Å². The second kappa shape index (κ2) is 13.7. The van der Waals surface area contributed by atoms with Crippen molar-refractivity contribution in [3.8, 4) is 16.9 Å². The van der Waals surface area contributed by atoms with Gasteiger partial charge in [0.2, 0.25) is 0 Å². The van der Waals surface area contributed by atoms with E-state index in [2.05, 4.69) is 169 Å². The van der Waals surface area contributed by atoms with Gasteiger partial charge in [-0.1, -0.05) is 146 Å². The first-order valence-corrected chi connectivity index (χ1v) is 21.2. The van der Waals surface area contributed by atoms with E-state index < -0.39 is 0 Å². The van der Waals surface area contributed by atoms with Crippen molar-refractivity contribution in [1.29, 1.82) is 0 Å². The molecule has 3 heteroatoms. The van der Waals surface area contributed by atoms with E-state index in [1.807, 2.05) is 11.3 Å². The van der Waals surface area contributed by atoms with E-state index in [0.717, 1.165) is 37.9 Å². The monoisotopic (exact) mass is 731 g/mol. The lowest BCUT2D eigenvalue weighted by Crippen LogP contribution is -2.44. The summed E-state index contributed by atoms with van der Waals surface area (Å²) in [7, 11) is 0. The van der Waals surface area contributed by atoms with Crippen molar-refractivity contribution in [3.63, 3.8) is 0 Å². The van der Waals surface area contributed by atoms with Gasteiger partial charge in [-0.2, -0.15) is 0 Å². The number of thiophene rings is 1. The van der Waals surface area contributed by atoms with E-state index in [4.69, 9.17) is 4.74 Å². The molecule has 0 bridgehead atoms. The fourth-order valence-electron chi connectivity index (χ4n) is 10.2. The van der Waals surface area contributed by atoms with Crippen LogP contribution in [-0.2, 0) is 0 Å². The predicted octanol–water partition coefficient (Wildman–Crippen LogP) is 11.4. The Bertz CT molecular complexity index is 2620. The average Bonchev–Trinajstić information content (AvgIpc) is 3.83. The van der Waals surface area contributed by atoms with Crippen molar-refractivity contribution in [2.45, 2.75) is 56.6 Å². The number of hydrogen-bond donors (Lipinski definition) is 0. The molecule has 0 saturated heterocycles. The molecule has 0 radical (unpaired) electrons. The van der Waals surface area contributed by atoms with Gasteiger partial charge in [-0.3, -0.25) is 0 Å². The van der Waals surface area contributed by atoms with E-state index in [1.165, 1.54) is 65.5 Å². The second-order valence-corrected chi connectivity index (χ2v) is 17.0. The van der Waals surface area contributed by atoms with Gasteiger partial charge in [0.25, 0.3) is 0 Å². The van der Waals surface area contributed by atoms with E-state index >= 15 is 0 Å². The molecule has 1 aliphatic heterocycles. The number of fused-ring (bicyclic) bond motifs is 7. The van der Waals surface area contributed by atoms with Crippen LogP contribution in [-0.4, -0.2) is 17.0 Å². The maximum absolute atomic E-state index is 6.44. The smallest absolute Gasteiger partial charge is 0.128 e. The highest BCUT2D eigenvalue weighted by atomic mass is 32.1. The third-order valence-electron chi connectivity index (χ3n) is 12.9. The number of hydrogen-bond acceptors (Lipinski definition) is 3. The zero-order valence-corrected chi connectivity index (χ0v) is 31.9. The molecule has 4 aromatic rings. The summed E-state index contributed by atoms with van der Waals surface area (Å²) in [4.78, 5) is 2.79. The van der Waals surface area contributed by atoms with Crippen molar-refractivity contribution in [2.75, 3.05) is 0 Å². The Morgan fingerprint density at radius 1 is 0.709 bits per heavy atom. The van der Waals surface area contributed by atoms with E-state index in [0.29, 0.717) is 23.7 Å². The van der Waals surface area contributed by atoms with Crippen LogP contribution < -0.4 is 14.5 Å². The van der Waals surface area contributed by atoms with Crippen molar-refractivity contribution < 1.29 is 4.74 Å². The van der Waals surface area contributed by atoms with Crippen LogP contribution in [0, 0.1) is 17.8 Å². The molecule has 3 aromatic carbocycles. The predicted molar refractivity (Wildman–Crippen MR) is 230 cm³/mol. The summed E-state index contributed by atoms with van der Waals surface area (Å²) < 4.78 is 9.28. The largest absolute Gasteiger partial charge is 0.485 e. The first kappa shape index (κ1) is 33.0. The Balaban J connectivity index is 1.01. The van der Waals surface area contributed by atoms with Gasteiger partial charge in [0.1, 0.15) is 11.9 Å². The van der Waals surface area contributed by atoms with Crippen LogP contribution in [0.15, 0.2) is 180 Å². The quantitative estimate of drug-likeness (QED) is 0.196. The molecule has 6 atom stereocenters. The molecule has 0 spiro atoms. The third-order valence-corrected chi connectivity index (χ3v) is 14.2. The lowest BCUT2D eigenvalue weighted by Gasteiger charge is -2.44. The Morgan fingerprint density at radius 2 is 1.64 bits per heavy atom. The number of allylic oxidation sites excluding steroid dienone is 13. The van der Waals surface area contributed by atoms with E-state index in [-0.39, 0.29) is 12.1 Å². The standard InChI is InChI=1S/C52H45NOS/c1-3-13-35(14-4-1)39-31-32-47(42-18-8-7-17-41(39)42)53(38-28-25-34(26-29-38)37-27-30-44-43-19-9-10-24-49(43)54-50(44)33-37)48-23-12-22-46-45-21-11-20-40(51(45)55-52(46)48)36-15-5-2-6-16-36/h1-7,9-11,13,15-17,19-22,24-25,27-35,42,44,47,50H,8,12,14,18,23,26H2. The van der Waals surface area contributed by atoms with Gasteiger partial charge >= 0.3 is 0 Å². The molecule has 2 nitrogen and oxygen atoms in total. The van der Waals surface area contributed by atoms with Crippen LogP contribution in [0.1, 0.15) is 50.0 Å². The molecule has 0 saturated carbocycles. The van der Waals surface area contributed by atoms with Crippen LogP contribution in [0.3, 0.4) is 0 Å². The second-order valence-electron chi connectivity index (χ2n) is 16.0. The van der Waals surface area contributed by atoms with Gasteiger partial charge in [-0.25, -0.2) is 0 Å². The van der Waals surface area contributed by atoms with Crippen LogP contribution >= 0.6 is 11.3 Å². The maximum atomic E-state index is 6.44. The summed E-state index contributed by atoms with van der Waals surface area (Å²) in [6, 6.07) is 26.6. The molecule has 11 rings (SSSR count). The number of benzene rings is 3. The van der Waals surface area contributed by atoms with Crippen LogP contribution in [0.25, 0.3) is 33.0 Å². The minimum absolute atomic E-state index is 0.0783. The van der Waals surface area contributed by atoms with Gasteiger partial charge in [0.15, 0.2) is 0 Å². The molecule has 0 fully saturated rings. The highest BCUT2D eigenvalue weighted by Gasteiger charge is 2.38. The molecule has 0 N–H and O–H groups in total. The number of rotatable bonds is 6. The Kier molecular flexibility index (Phi) is 8.24. The SMILES string of the molecule is C1=CCC(C2=C3C=CCCC3C(N(C3=CCC(C4=CC5Oc6ccccc6C5C=C4)C=C3)C3=c4sc5c(-c6ccccc6)cccc5c4=CCC3)C=C2)C=C1. The zero-order chi connectivity index (χ0) is 36.3. The summed E-state index contributed by atoms with van der Waals surface area (Å²) in [6.45, 7) is 0.